The van der Waals surface area contributed by atoms with Crippen LogP contribution >= 0.6 is 0 Å². The molecule has 2 N–H and O–H groups in total. The molecule has 2 amide bonds. The zero-order valence-corrected chi connectivity index (χ0v) is 16.7. The molecule has 1 saturated carbocycles. The highest BCUT2D eigenvalue weighted by atomic mass is 19.1. The van der Waals surface area contributed by atoms with Crippen molar-refractivity contribution in [1.29, 1.82) is 0 Å². The maximum absolute atomic E-state index is 14.8. The van der Waals surface area contributed by atoms with Crippen molar-refractivity contribution in [3.63, 3.8) is 0 Å². The fraction of sp³-hybridized carbons (Fsp3) is 0.550. The van der Waals surface area contributed by atoms with E-state index in [0.717, 1.165) is 13.1 Å². The highest BCUT2D eigenvalue weighted by molar-refractivity contribution is 5.90. The first kappa shape index (κ1) is 20.4. The first-order valence-corrected chi connectivity index (χ1v) is 10.0. The second-order valence-corrected chi connectivity index (χ2v) is 7.81. The molecule has 2 aliphatic heterocycles. The smallest absolute Gasteiger partial charge is 0.414 e. The molecule has 30 heavy (non-hydrogen) atoms. The Morgan fingerprint density at radius 2 is 2.17 bits per heavy atom. The fourth-order valence-corrected chi connectivity index (χ4v) is 4.21. The Labute approximate surface area is 173 Å². The van der Waals surface area contributed by atoms with Gasteiger partial charge >= 0.3 is 6.09 Å². The van der Waals surface area contributed by atoms with E-state index in [1.807, 2.05) is 4.90 Å². The third-order valence-corrected chi connectivity index (χ3v) is 5.79. The SMILES string of the molecule is CC(=O)NC[C@H]1CN(c2ccc(N3CC4C(C=NOCCO)C4C3)c(F)c2)C(=O)O1. The maximum atomic E-state index is 14.8. The molecular weight excluding hydrogens is 395 g/mol. The van der Waals surface area contributed by atoms with Crippen LogP contribution in [0.2, 0.25) is 0 Å². The van der Waals surface area contributed by atoms with Crippen LogP contribution in [0.3, 0.4) is 0 Å². The average molecular weight is 420 g/mol. The van der Waals surface area contributed by atoms with Crippen molar-refractivity contribution in [2.24, 2.45) is 22.9 Å². The van der Waals surface area contributed by atoms with E-state index in [-0.39, 0.29) is 38.0 Å². The minimum atomic E-state index is -0.550. The first-order valence-electron chi connectivity index (χ1n) is 10.0. The summed E-state index contributed by atoms with van der Waals surface area (Å²) < 4.78 is 20.0. The highest BCUT2D eigenvalue weighted by Gasteiger charge is 2.55. The van der Waals surface area contributed by atoms with Crippen LogP contribution in [0.4, 0.5) is 20.6 Å². The summed E-state index contributed by atoms with van der Waals surface area (Å²) in [4.78, 5) is 31.4. The van der Waals surface area contributed by atoms with Crippen LogP contribution in [0.1, 0.15) is 6.92 Å². The van der Waals surface area contributed by atoms with Gasteiger partial charge in [-0.2, -0.15) is 0 Å². The van der Waals surface area contributed by atoms with Gasteiger partial charge < -0.3 is 24.9 Å². The summed E-state index contributed by atoms with van der Waals surface area (Å²) in [5, 5.41) is 15.1. The lowest BCUT2D eigenvalue weighted by atomic mass is 10.2. The van der Waals surface area contributed by atoms with E-state index in [0.29, 0.717) is 29.1 Å². The Kier molecular flexibility index (Phi) is 5.76. The number of amides is 2. The normalized spacial score (nSPS) is 27.4. The van der Waals surface area contributed by atoms with Crippen LogP contribution in [0, 0.1) is 23.6 Å². The number of carbonyl (C=O) groups is 2. The molecule has 0 bridgehead atoms. The van der Waals surface area contributed by atoms with E-state index in [2.05, 4.69) is 10.5 Å². The molecule has 0 aromatic heterocycles. The Morgan fingerprint density at radius 3 is 2.83 bits per heavy atom. The zero-order chi connectivity index (χ0) is 21.3. The van der Waals surface area contributed by atoms with Crippen LogP contribution in [-0.4, -0.2) is 68.8 Å². The summed E-state index contributed by atoms with van der Waals surface area (Å²) in [5.41, 5.74) is 0.947. The quantitative estimate of drug-likeness (QED) is 0.369. The van der Waals surface area contributed by atoms with Gasteiger partial charge in [0.15, 0.2) is 0 Å². The van der Waals surface area contributed by atoms with Gasteiger partial charge in [0, 0.05) is 32.1 Å². The van der Waals surface area contributed by atoms with Crippen LogP contribution in [-0.2, 0) is 14.4 Å². The van der Waals surface area contributed by atoms with Gasteiger partial charge in [0.1, 0.15) is 18.5 Å². The zero-order valence-electron chi connectivity index (χ0n) is 16.7. The summed E-state index contributed by atoms with van der Waals surface area (Å²) >= 11 is 0. The number of nitrogens with one attached hydrogen (secondary N) is 1. The van der Waals surface area contributed by atoms with Crippen molar-refractivity contribution < 1.29 is 28.7 Å². The molecule has 3 aliphatic rings. The van der Waals surface area contributed by atoms with E-state index >= 15 is 0 Å². The van der Waals surface area contributed by atoms with Gasteiger partial charge in [-0.25, -0.2) is 9.18 Å². The predicted octanol–water partition coefficient (Wildman–Crippen LogP) is 0.964. The van der Waals surface area contributed by atoms with E-state index in [4.69, 9.17) is 14.7 Å². The number of halogens is 1. The number of hydrogen-bond acceptors (Lipinski definition) is 7. The Hall–Kier alpha value is -2.88. The fourth-order valence-electron chi connectivity index (χ4n) is 4.21. The molecule has 2 saturated heterocycles. The Morgan fingerprint density at radius 1 is 1.40 bits per heavy atom. The molecule has 1 aliphatic carbocycles. The number of cyclic esters (lactones) is 1. The van der Waals surface area contributed by atoms with Crippen molar-refractivity contribution in [3.05, 3.63) is 24.0 Å². The standard InChI is InChI=1S/C20H25FN4O5/c1-12(27)22-7-14-9-25(20(28)30-14)13-2-3-19(18(21)6-13)24-10-16-15(17(16)11-24)8-23-29-5-4-26/h2-3,6,8,14-17,26H,4-5,7,9-11H2,1H3,(H,22,27)/t14-,15?,16?,17?/m0/s1. The number of oxime groups is 1. The number of ether oxygens (including phenoxy) is 1. The Bertz CT molecular complexity index is 838. The Balaban J connectivity index is 1.33. The third kappa shape index (κ3) is 4.18. The van der Waals surface area contributed by atoms with Gasteiger partial charge in [-0.1, -0.05) is 5.16 Å². The number of hydrogen-bond donors (Lipinski definition) is 2. The van der Waals surface area contributed by atoms with Crippen molar-refractivity contribution >= 4 is 29.6 Å². The summed E-state index contributed by atoms with van der Waals surface area (Å²) in [5.74, 6) is 0.600. The van der Waals surface area contributed by atoms with Crippen molar-refractivity contribution in [3.8, 4) is 0 Å². The minimum absolute atomic E-state index is 0.0664. The van der Waals surface area contributed by atoms with Crippen LogP contribution < -0.4 is 15.1 Å². The van der Waals surface area contributed by atoms with Crippen molar-refractivity contribution in [2.75, 3.05) is 49.2 Å². The molecule has 10 heteroatoms. The number of aliphatic hydroxyl groups excluding tert-OH is 1. The second kappa shape index (κ2) is 8.47. The van der Waals surface area contributed by atoms with Gasteiger partial charge in [-0.15, -0.1) is 0 Å². The maximum Gasteiger partial charge on any atom is 0.414 e. The van der Waals surface area contributed by atoms with E-state index < -0.39 is 12.2 Å². The molecule has 1 aromatic rings. The summed E-state index contributed by atoms with van der Waals surface area (Å²) in [6.07, 6.45) is 0.762. The average Bonchev–Trinajstić information content (AvgIpc) is 3.04. The number of rotatable bonds is 8. The molecule has 0 radical (unpaired) electrons. The lowest BCUT2D eigenvalue weighted by Gasteiger charge is -2.23. The van der Waals surface area contributed by atoms with Gasteiger partial charge in [0.2, 0.25) is 5.91 Å². The van der Waals surface area contributed by atoms with Crippen LogP contribution in [0.15, 0.2) is 23.4 Å². The molecule has 1 aromatic carbocycles. The molecule has 4 rings (SSSR count). The van der Waals surface area contributed by atoms with Gasteiger partial charge in [0.05, 0.1) is 31.1 Å². The highest BCUT2D eigenvalue weighted by Crippen LogP contribution is 2.51. The van der Waals surface area contributed by atoms with Gasteiger partial charge in [-0.05, 0) is 30.0 Å². The van der Waals surface area contributed by atoms with Crippen LogP contribution in [0.25, 0.3) is 0 Å². The molecule has 0 spiro atoms. The number of fused-ring (bicyclic) bond motifs is 1. The van der Waals surface area contributed by atoms with E-state index in [1.165, 1.54) is 17.9 Å². The van der Waals surface area contributed by atoms with E-state index in [1.54, 1.807) is 18.3 Å². The molecule has 9 nitrogen and oxygen atoms in total. The van der Waals surface area contributed by atoms with Gasteiger partial charge in [0.25, 0.3) is 0 Å². The monoisotopic (exact) mass is 420 g/mol. The summed E-state index contributed by atoms with van der Waals surface area (Å²) in [6, 6.07) is 4.76. The first-order chi connectivity index (χ1) is 14.5. The number of aliphatic hydroxyl groups is 1. The molecule has 2 heterocycles. The molecule has 2 unspecified atom stereocenters. The van der Waals surface area contributed by atoms with Crippen molar-refractivity contribution in [1.82, 2.24) is 5.32 Å². The summed E-state index contributed by atoms with van der Waals surface area (Å²) in [6.45, 7) is 3.47. The molecule has 3 atom stereocenters. The molecule has 3 fully saturated rings. The van der Waals surface area contributed by atoms with Crippen molar-refractivity contribution in [2.45, 2.75) is 13.0 Å². The van der Waals surface area contributed by atoms with Gasteiger partial charge in [-0.3, -0.25) is 9.69 Å². The molecule has 162 valence electrons. The van der Waals surface area contributed by atoms with E-state index in [9.17, 15) is 14.0 Å². The predicted molar refractivity (Wildman–Crippen MR) is 107 cm³/mol. The lowest BCUT2D eigenvalue weighted by molar-refractivity contribution is -0.119. The molecular formula is C20H25FN4O5. The minimum Gasteiger partial charge on any atom is -0.442 e. The number of benzene rings is 1. The second-order valence-electron chi connectivity index (χ2n) is 7.81. The topological polar surface area (TPSA) is 104 Å². The number of nitrogens with zero attached hydrogens (tertiary/aromatic N) is 3. The largest absolute Gasteiger partial charge is 0.442 e. The number of anilines is 2. The third-order valence-electron chi connectivity index (χ3n) is 5.79. The summed E-state index contributed by atoms with van der Waals surface area (Å²) in [7, 11) is 0. The number of carbonyl (C=O) groups excluding carboxylic acids is 2. The van der Waals surface area contributed by atoms with Crippen LogP contribution in [0.5, 0.6) is 0 Å². The number of piperidine rings is 1. The lowest BCUT2D eigenvalue weighted by Crippen LogP contribution is -2.33.